The van der Waals surface area contributed by atoms with Crippen LogP contribution in [0.2, 0.25) is 0 Å². The lowest BCUT2D eigenvalue weighted by molar-refractivity contribution is -0.384. The van der Waals surface area contributed by atoms with Gasteiger partial charge in [-0.15, -0.1) is 0 Å². The fourth-order valence-corrected chi connectivity index (χ4v) is 2.14. The van der Waals surface area contributed by atoms with Crippen molar-refractivity contribution in [1.29, 1.82) is 0 Å². The zero-order chi connectivity index (χ0) is 16.9. The summed E-state index contributed by atoms with van der Waals surface area (Å²) in [4.78, 5) is 22.0. The highest BCUT2D eigenvalue weighted by Gasteiger charge is 2.13. The molecule has 0 aliphatic carbocycles. The first kappa shape index (κ1) is 15.6. The van der Waals surface area contributed by atoms with Crippen LogP contribution in [0.15, 0.2) is 42.5 Å². The SMILES string of the molecule is O=C(COc1cccc([N+](=O)[O-])c1)NCc1ccc2c(c1)OCO2. The van der Waals surface area contributed by atoms with Gasteiger partial charge >= 0.3 is 0 Å². The second-order valence-corrected chi connectivity index (χ2v) is 5.01. The van der Waals surface area contributed by atoms with Gasteiger partial charge in [-0.25, -0.2) is 0 Å². The Morgan fingerprint density at radius 3 is 2.88 bits per heavy atom. The van der Waals surface area contributed by atoms with E-state index >= 15 is 0 Å². The van der Waals surface area contributed by atoms with Gasteiger partial charge < -0.3 is 19.5 Å². The van der Waals surface area contributed by atoms with E-state index in [0.717, 1.165) is 5.56 Å². The highest BCUT2D eigenvalue weighted by atomic mass is 16.7. The summed E-state index contributed by atoms with van der Waals surface area (Å²) < 4.78 is 15.7. The van der Waals surface area contributed by atoms with Crippen molar-refractivity contribution in [3.63, 3.8) is 0 Å². The lowest BCUT2D eigenvalue weighted by Crippen LogP contribution is -2.28. The molecule has 8 nitrogen and oxygen atoms in total. The third-order valence-electron chi connectivity index (χ3n) is 3.33. The molecule has 0 atom stereocenters. The third-order valence-corrected chi connectivity index (χ3v) is 3.33. The number of non-ortho nitro benzene ring substituents is 1. The fourth-order valence-electron chi connectivity index (χ4n) is 2.14. The molecule has 1 aliphatic heterocycles. The molecule has 0 saturated heterocycles. The number of nitrogens with one attached hydrogen (secondary N) is 1. The summed E-state index contributed by atoms with van der Waals surface area (Å²) in [5.74, 6) is 1.26. The Morgan fingerprint density at radius 2 is 2.04 bits per heavy atom. The summed E-state index contributed by atoms with van der Waals surface area (Å²) >= 11 is 0. The van der Waals surface area contributed by atoms with Crippen molar-refractivity contribution in [2.24, 2.45) is 0 Å². The van der Waals surface area contributed by atoms with Crippen LogP contribution in [-0.4, -0.2) is 24.2 Å². The maximum Gasteiger partial charge on any atom is 0.273 e. The molecule has 124 valence electrons. The molecule has 1 heterocycles. The lowest BCUT2D eigenvalue weighted by Gasteiger charge is -2.08. The molecule has 0 unspecified atom stereocenters. The number of hydrogen-bond acceptors (Lipinski definition) is 6. The van der Waals surface area contributed by atoms with E-state index in [9.17, 15) is 14.9 Å². The maximum absolute atomic E-state index is 11.8. The molecule has 1 aliphatic rings. The fraction of sp³-hybridized carbons (Fsp3) is 0.188. The monoisotopic (exact) mass is 330 g/mol. The first-order valence-corrected chi connectivity index (χ1v) is 7.14. The summed E-state index contributed by atoms with van der Waals surface area (Å²) in [6.07, 6.45) is 0. The first-order chi connectivity index (χ1) is 11.6. The van der Waals surface area contributed by atoms with E-state index in [1.54, 1.807) is 18.2 Å². The Morgan fingerprint density at radius 1 is 1.21 bits per heavy atom. The highest BCUT2D eigenvalue weighted by molar-refractivity contribution is 5.77. The van der Waals surface area contributed by atoms with Gasteiger partial charge in [-0.3, -0.25) is 14.9 Å². The smallest absolute Gasteiger partial charge is 0.273 e. The van der Waals surface area contributed by atoms with E-state index in [4.69, 9.17) is 14.2 Å². The largest absolute Gasteiger partial charge is 0.484 e. The number of fused-ring (bicyclic) bond motifs is 1. The lowest BCUT2D eigenvalue weighted by atomic mass is 10.2. The number of ether oxygens (including phenoxy) is 3. The van der Waals surface area contributed by atoms with E-state index in [-0.39, 0.29) is 30.7 Å². The van der Waals surface area contributed by atoms with E-state index in [1.807, 2.05) is 6.07 Å². The number of rotatable bonds is 6. The highest BCUT2D eigenvalue weighted by Crippen LogP contribution is 2.32. The van der Waals surface area contributed by atoms with Crippen molar-refractivity contribution < 1.29 is 23.9 Å². The Bertz CT molecular complexity index is 777. The molecule has 2 aromatic carbocycles. The van der Waals surface area contributed by atoms with Crippen LogP contribution in [0.3, 0.4) is 0 Å². The molecule has 0 radical (unpaired) electrons. The second kappa shape index (κ2) is 6.86. The van der Waals surface area contributed by atoms with Crippen LogP contribution >= 0.6 is 0 Å². The van der Waals surface area contributed by atoms with E-state index in [1.165, 1.54) is 18.2 Å². The van der Waals surface area contributed by atoms with Gasteiger partial charge in [0, 0.05) is 12.6 Å². The number of nitro benzene ring substituents is 1. The molecular formula is C16H14N2O6. The van der Waals surface area contributed by atoms with Crippen LogP contribution in [-0.2, 0) is 11.3 Å². The van der Waals surface area contributed by atoms with Crippen molar-refractivity contribution in [2.45, 2.75) is 6.54 Å². The molecule has 0 saturated carbocycles. The van der Waals surface area contributed by atoms with E-state index in [0.29, 0.717) is 18.0 Å². The van der Waals surface area contributed by atoms with E-state index in [2.05, 4.69) is 5.32 Å². The number of carbonyl (C=O) groups excluding carboxylic acids is 1. The normalized spacial score (nSPS) is 11.8. The summed E-state index contributed by atoms with van der Waals surface area (Å²) in [5.41, 5.74) is 0.774. The first-order valence-electron chi connectivity index (χ1n) is 7.14. The number of carbonyl (C=O) groups is 1. The summed E-state index contributed by atoms with van der Waals surface area (Å²) in [6, 6.07) is 11.1. The number of nitro groups is 1. The Kier molecular flexibility index (Phi) is 4.46. The van der Waals surface area contributed by atoms with Crippen LogP contribution in [0.4, 0.5) is 5.69 Å². The summed E-state index contributed by atoms with van der Waals surface area (Å²) in [5, 5.41) is 13.4. The van der Waals surface area contributed by atoms with E-state index < -0.39 is 4.92 Å². The van der Waals surface area contributed by atoms with Gasteiger partial charge in [-0.1, -0.05) is 12.1 Å². The number of hydrogen-bond donors (Lipinski definition) is 1. The standard InChI is InChI=1S/C16H14N2O6/c19-16(9-22-13-3-1-2-12(7-13)18(20)21)17-8-11-4-5-14-15(6-11)24-10-23-14/h1-7H,8-10H2,(H,17,19). The molecule has 1 amide bonds. The molecule has 3 rings (SSSR count). The van der Waals surface area contributed by atoms with Crippen LogP contribution in [0.25, 0.3) is 0 Å². The zero-order valence-electron chi connectivity index (χ0n) is 12.6. The Hall–Kier alpha value is -3.29. The predicted molar refractivity (Wildman–Crippen MR) is 83.0 cm³/mol. The van der Waals surface area contributed by atoms with Crippen molar-refractivity contribution in [3.8, 4) is 17.2 Å². The summed E-state index contributed by atoms with van der Waals surface area (Å²) in [7, 11) is 0. The van der Waals surface area contributed by atoms with Gasteiger partial charge in [0.2, 0.25) is 6.79 Å². The third kappa shape index (κ3) is 3.72. The number of amides is 1. The van der Waals surface area contributed by atoms with Crippen molar-refractivity contribution in [1.82, 2.24) is 5.32 Å². The average Bonchev–Trinajstić information content (AvgIpc) is 3.06. The van der Waals surface area contributed by atoms with Crippen molar-refractivity contribution >= 4 is 11.6 Å². The second-order valence-electron chi connectivity index (χ2n) is 5.01. The minimum Gasteiger partial charge on any atom is -0.484 e. The average molecular weight is 330 g/mol. The molecule has 1 N–H and O–H groups in total. The Balaban J connectivity index is 1.49. The molecular weight excluding hydrogens is 316 g/mol. The van der Waals surface area contributed by atoms with Gasteiger partial charge in [0.1, 0.15) is 5.75 Å². The van der Waals surface area contributed by atoms with Gasteiger partial charge in [-0.05, 0) is 23.8 Å². The minimum atomic E-state index is -0.521. The Labute approximate surface area is 137 Å². The number of benzene rings is 2. The van der Waals surface area contributed by atoms with Crippen LogP contribution < -0.4 is 19.5 Å². The maximum atomic E-state index is 11.8. The van der Waals surface area contributed by atoms with Gasteiger partial charge in [-0.2, -0.15) is 0 Å². The molecule has 0 bridgehead atoms. The molecule has 24 heavy (non-hydrogen) atoms. The summed E-state index contributed by atoms with van der Waals surface area (Å²) in [6.45, 7) is 0.279. The van der Waals surface area contributed by atoms with Gasteiger partial charge in [0.15, 0.2) is 18.1 Å². The topological polar surface area (TPSA) is 99.9 Å². The van der Waals surface area contributed by atoms with Crippen LogP contribution in [0.5, 0.6) is 17.2 Å². The zero-order valence-corrected chi connectivity index (χ0v) is 12.6. The molecule has 0 aromatic heterocycles. The van der Waals surface area contributed by atoms with Gasteiger partial charge in [0.05, 0.1) is 11.0 Å². The molecule has 0 fully saturated rings. The quantitative estimate of drug-likeness (QED) is 0.642. The predicted octanol–water partition coefficient (Wildman–Crippen LogP) is 2.02. The van der Waals surface area contributed by atoms with Crippen molar-refractivity contribution in [3.05, 3.63) is 58.1 Å². The minimum absolute atomic E-state index is 0.0896. The van der Waals surface area contributed by atoms with Crippen LogP contribution in [0, 0.1) is 10.1 Å². The molecule has 8 heteroatoms. The van der Waals surface area contributed by atoms with Crippen LogP contribution in [0.1, 0.15) is 5.56 Å². The van der Waals surface area contributed by atoms with Crippen molar-refractivity contribution in [2.75, 3.05) is 13.4 Å². The number of nitrogens with zero attached hydrogens (tertiary/aromatic N) is 1. The molecule has 2 aromatic rings. The molecule has 0 spiro atoms. The van der Waals surface area contributed by atoms with Gasteiger partial charge in [0.25, 0.3) is 11.6 Å².